The Bertz CT molecular complexity index is 1620. The van der Waals surface area contributed by atoms with E-state index in [2.05, 4.69) is 48.1 Å². The molecule has 0 spiro atoms. The quantitative estimate of drug-likeness (QED) is 0.282. The van der Waals surface area contributed by atoms with Crippen molar-refractivity contribution in [3.63, 3.8) is 0 Å². The molecular weight excluding hydrogens is 526 g/mol. The number of urea groups is 1. The van der Waals surface area contributed by atoms with Crippen LogP contribution in [0.15, 0.2) is 66.7 Å². The van der Waals surface area contributed by atoms with Gasteiger partial charge in [-0.1, -0.05) is 75.1 Å². The van der Waals surface area contributed by atoms with E-state index in [1.807, 2.05) is 73.7 Å². The fourth-order valence-corrected chi connectivity index (χ4v) is 5.07. The molecule has 5 rings (SSSR count). The van der Waals surface area contributed by atoms with Crippen LogP contribution in [0, 0.1) is 18.8 Å². The molecule has 0 radical (unpaired) electrons. The van der Waals surface area contributed by atoms with E-state index in [1.54, 1.807) is 11.8 Å². The molecule has 1 saturated heterocycles. The van der Waals surface area contributed by atoms with Crippen molar-refractivity contribution in [2.45, 2.75) is 39.2 Å². The van der Waals surface area contributed by atoms with E-state index in [9.17, 15) is 4.79 Å². The van der Waals surface area contributed by atoms with Gasteiger partial charge in [0.05, 0.1) is 42.9 Å². The molecular formula is C34H39N5O3. The fraction of sp³-hybridized carbons (Fsp3) is 0.353. The Morgan fingerprint density at radius 1 is 1.07 bits per heavy atom. The molecule has 0 aliphatic carbocycles. The number of nitrogens with zero attached hydrogens (tertiary/aromatic N) is 3. The van der Waals surface area contributed by atoms with Gasteiger partial charge >= 0.3 is 6.03 Å². The number of methoxy groups -OCH3 is 1. The number of para-hydroxylation sites is 1. The highest BCUT2D eigenvalue weighted by atomic mass is 16.5. The van der Waals surface area contributed by atoms with Gasteiger partial charge in [0.2, 0.25) is 0 Å². The van der Waals surface area contributed by atoms with Crippen molar-refractivity contribution < 1.29 is 14.3 Å². The lowest BCUT2D eigenvalue weighted by Crippen LogP contribution is -2.44. The van der Waals surface area contributed by atoms with Crippen LogP contribution < -0.4 is 10.6 Å². The molecule has 1 aliphatic heterocycles. The van der Waals surface area contributed by atoms with Gasteiger partial charge in [-0.25, -0.2) is 9.48 Å². The van der Waals surface area contributed by atoms with Crippen molar-refractivity contribution >= 4 is 28.3 Å². The minimum Gasteiger partial charge on any atom is -0.382 e. The predicted molar refractivity (Wildman–Crippen MR) is 169 cm³/mol. The van der Waals surface area contributed by atoms with Gasteiger partial charge in [0.15, 0.2) is 0 Å². The zero-order chi connectivity index (χ0) is 29.7. The lowest BCUT2D eigenvalue weighted by Gasteiger charge is -2.31. The van der Waals surface area contributed by atoms with Crippen LogP contribution in [0.1, 0.15) is 37.6 Å². The number of aromatic nitrogens is 2. The van der Waals surface area contributed by atoms with E-state index in [0.29, 0.717) is 31.3 Å². The molecule has 2 heterocycles. The number of nitrogens with one attached hydrogen (secondary N) is 2. The zero-order valence-electron chi connectivity index (χ0n) is 25.0. The van der Waals surface area contributed by atoms with E-state index in [4.69, 9.17) is 14.6 Å². The second-order valence-electron chi connectivity index (χ2n) is 11.6. The molecule has 2 amide bonds. The normalized spacial score (nSPS) is 15.7. The molecule has 8 nitrogen and oxygen atoms in total. The molecule has 0 bridgehead atoms. The Morgan fingerprint density at radius 3 is 2.60 bits per heavy atom. The number of morpholine rings is 1. The fourth-order valence-electron chi connectivity index (χ4n) is 5.07. The van der Waals surface area contributed by atoms with Crippen LogP contribution >= 0.6 is 0 Å². The molecule has 42 heavy (non-hydrogen) atoms. The smallest absolute Gasteiger partial charge is 0.324 e. The summed E-state index contributed by atoms with van der Waals surface area (Å²) in [5, 5.41) is 12.9. The van der Waals surface area contributed by atoms with Gasteiger partial charge < -0.3 is 14.8 Å². The number of carbonyl (C=O) groups excluding carboxylic acids is 1. The third-order valence-electron chi connectivity index (χ3n) is 7.34. The molecule has 8 heteroatoms. The van der Waals surface area contributed by atoms with Gasteiger partial charge in [-0.3, -0.25) is 10.2 Å². The highest BCUT2D eigenvalue weighted by Gasteiger charge is 2.22. The van der Waals surface area contributed by atoms with Crippen molar-refractivity contribution in [3.8, 4) is 17.5 Å². The van der Waals surface area contributed by atoms with Crippen LogP contribution in [0.2, 0.25) is 0 Å². The SMILES string of the molecule is COCC1CN(CC#Cc2ccc(NC(=O)Nc3cc(C(C)(C)C)nn3-c3ccccc3C)c3ccccc23)CCO1. The van der Waals surface area contributed by atoms with E-state index in [-0.39, 0.29) is 17.6 Å². The first kappa shape index (κ1) is 29.3. The second-order valence-corrected chi connectivity index (χ2v) is 11.6. The van der Waals surface area contributed by atoms with Gasteiger partial charge in [0, 0.05) is 42.6 Å². The Morgan fingerprint density at radius 2 is 1.83 bits per heavy atom. The number of ether oxygens (including phenoxy) is 2. The van der Waals surface area contributed by atoms with Gasteiger partial charge in [0.25, 0.3) is 0 Å². The minimum absolute atomic E-state index is 0.0817. The molecule has 1 aliphatic rings. The molecule has 3 aromatic carbocycles. The molecule has 1 aromatic heterocycles. The van der Waals surface area contributed by atoms with Gasteiger partial charge in [-0.15, -0.1) is 0 Å². The van der Waals surface area contributed by atoms with Crippen LogP contribution in [0.5, 0.6) is 0 Å². The summed E-state index contributed by atoms with van der Waals surface area (Å²) in [6, 6.07) is 21.5. The maximum absolute atomic E-state index is 13.3. The number of amides is 2. The first-order valence-electron chi connectivity index (χ1n) is 14.3. The van der Waals surface area contributed by atoms with Crippen LogP contribution in [0.4, 0.5) is 16.3 Å². The van der Waals surface area contributed by atoms with Gasteiger partial charge in [-0.2, -0.15) is 5.10 Å². The lowest BCUT2D eigenvalue weighted by atomic mass is 9.92. The maximum Gasteiger partial charge on any atom is 0.324 e. The summed E-state index contributed by atoms with van der Waals surface area (Å²) < 4.78 is 12.8. The minimum atomic E-state index is -0.341. The summed E-state index contributed by atoms with van der Waals surface area (Å²) in [4.78, 5) is 15.6. The molecule has 0 saturated carbocycles. The number of hydrogen-bond acceptors (Lipinski definition) is 5. The Balaban J connectivity index is 1.35. The van der Waals surface area contributed by atoms with Gasteiger partial charge in [0.1, 0.15) is 5.82 Å². The lowest BCUT2D eigenvalue weighted by molar-refractivity contribution is -0.0575. The Hall–Kier alpha value is -4.16. The van der Waals surface area contributed by atoms with Crippen molar-refractivity contribution in [1.82, 2.24) is 14.7 Å². The Labute approximate surface area is 248 Å². The van der Waals surface area contributed by atoms with Crippen molar-refractivity contribution in [3.05, 3.63) is 83.6 Å². The van der Waals surface area contributed by atoms with Crippen LogP contribution in [-0.4, -0.2) is 66.8 Å². The maximum atomic E-state index is 13.3. The number of anilines is 2. The Kier molecular flexibility index (Phi) is 8.93. The average Bonchev–Trinajstić information content (AvgIpc) is 3.39. The third kappa shape index (κ3) is 6.82. The van der Waals surface area contributed by atoms with Crippen molar-refractivity contribution in [2.24, 2.45) is 0 Å². The third-order valence-corrected chi connectivity index (χ3v) is 7.34. The molecule has 2 N–H and O–H groups in total. The molecule has 218 valence electrons. The van der Waals surface area contributed by atoms with E-state index >= 15 is 0 Å². The highest BCUT2D eigenvalue weighted by Crippen LogP contribution is 2.29. The van der Waals surface area contributed by atoms with Crippen LogP contribution in [0.25, 0.3) is 16.5 Å². The first-order valence-corrected chi connectivity index (χ1v) is 14.3. The van der Waals surface area contributed by atoms with E-state index in [1.165, 1.54) is 0 Å². The standard InChI is InChI=1S/C34H39N5O3/c1-24-11-6-9-15-30(24)39-32(21-31(37-39)34(2,3)4)36-33(40)35-29-17-16-25(27-13-7-8-14-28(27)29)12-10-18-38-19-20-42-26(22-38)23-41-5/h6-9,11,13-17,21,26H,18-20,22-23H2,1-5H3,(H2,35,36,40). The van der Waals surface area contributed by atoms with Gasteiger partial charge in [-0.05, 0) is 36.1 Å². The molecule has 4 aromatic rings. The molecule has 1 unspecified atom stereocenters. The summed E-state index contributed by atoms with van der Waals surface area (Å²) in [5.74, 6) is 7.28. The summed E-state index contributed by atoms with van der Waals surface area (Å²) in [6.07, 6.45) is 0.0817. The van der Waals surface area contributed by atoms with Crippen LogP contribution in [0.3, 0.4) is 0 Å². The van der Waals surface area contributed by atoms with E-state index < -0.39 is 0 Å². The monoisotopic (exact) mass is 565 g/mol. The summed E-state index contributed by atoms with van der Waals surface area (Å²) >= 11 is 0. The van der Waals surface area contributed by atoms with Crippen molar-refractivity contribution in [1.29, 1.82) is 0 Å². The highest BCUT2D eigenvalue weighted by molar-refractivity contribution is 6.07. The summed E-state index contributed by atoms with van der Waals surface area (Å²) in [6.45, 7) is 12.0. The molecule has 1 atom stereocenters. The van der Waals surface area contributed by atoms with Crippen molar-refractivity contribution in [2.75, 3.05) is 50.6 Å². The average molecular weight is 566 g/mol. The topological polar surface area (TPSA) is 80.7 Å². The number of aryl methyl sites for hydroxylation is 1. The number of carbonyl (C=O) groups is 1. The molecule has 1 fully saturated rings. The van der Waals surface area contributed by atoms with E-state index in [0.717, 1.165) is 46.4 Å². The number of fused-ring (bicyclic) bond motifs is 1. The largest absolute Gasteiger partial charge is 0.382 e. The number of rotatable bonds is 6. The number of hydrogen-bond donors (Lipinski definition) is 2. The second kappa shape index (κ2) is 12.8. The number of benzene rings is 3. The zero-order valence-corrected chi connectivity index (χ0v) is 25.0. The first-order chi connectivity index (χ1) is 20.2. The summed E-state index contributed by atoms with van der Waals surface area (Å²) in [7, 11) is 1.69. The summed E-state index contributed by atoms with van der Waals surface area (Å²) in [5.41, 5.74) is 4.33. The van der Waals surface area contributed by atoms with Crippen LogP contribution in [-0.2, 0) is 14.9 Å². The predicted octanol–water partition coefficient (Wildman–Crippen LogP) is 5.97.